The number of pyridine rings is 1. The van der Waals surface area contributed by atoms with Crippen LogP contribution in [0.1, 0.15) is 5.56 Å². The van der Waals surface area contributed by atoms with Crippen LogP contribution in [0.4, 0.5) is 10.1 Å². The highest BCUT2D eigenvalue weighted by Gasteiger charge is 2.30. The lowest BCUT2D eigenvalue weighted by molar-refractivity contribution is 0.256. The van der Waals surface area contributed by atoms with E-state index >= 15 is 0 Å². The molecule has 0 spiro atoms. The third-order valence-electron chi connectivity index (χ3n) is 3.31. The number of aromatic nitrogens is 1. The van der Waals surface area contributed by atoms with Gasteiger partial charge in [-0.3, -0.25) is 4.98 Å². The van der Waals surface area contributed by atoms with E-state index in [-0.39, 0.29) is 22.2 Å². The lowest BCUT2D eigenvalue weighted by Crippen LogP contribution is -2.25. The van der Waals surface area contributed by atoms with Gasteiger partial charge >= 0.3 is 0 Å². The first-order chi connectivity index (χ1) is 9.95. The number of sulfone groups is 1. The van der Waals surface area contributed by atoms with Gasteiger partial charge in [-0.2, -0.15) is 0 Å². The molecule has 2 N–H and O–H groups in total. The Bertz CT molecular complexity index is 793. The van der Waals surface area contributed by atoms with E-state index in [0.717, 1.165) is 0 Å². The summed E-state index contributed by atoms with van der Waals surface area (Å²) >= 11 is 0. The Morgan fingerprint density at radius 1 is 1.38 bits per heavy atom. The van der Waals surface area contributed by atoms with Crippen LogP contribution in [0.15, 0.2) is 41.6 Å². The van der Waals surface area contributed by atoms with Crippen LogP contribution in [-0.2, 0) is 16.3 Å². The van der Waals surface area contributed by atoms with Crippen molar-refractivity contribution in [3.8, 4) is 5.75 Å². The summed E-state index contributed by atoms with van der Waals surface area (Å²) in [5, 5.41) is 0. The highest BCUT2D eigenvalue weighted by molar-refractivity contribution is 7.91. The van der Waals surface area contributed by atoms with Gasteiger partial charge in [0.05, 0.1) is 22.5 Å². The molecule has 1 atom stereocenters. The SMILES string of the molecule is Nc1cnccc1S(=O)(=O)CC1Cc2cc(F)ccc2O1. The van der Waals surface area contributed by atoms with Crippen molar-refractivity contribution in [2.24, 2.45) is 0 Å². The Morgan fingerprint density at radius 3 is 2.95 bits per heavy atom. The molecule has 1 aromatic heterocycles. The predicted molar refractivity (Wildman–Crippen MR) is 75.2 cm³/mol. The lowest BCUT2D eigenvalue weighted by Gasteiger charge is -2.12. The van der Waals surface area contributed by atoms with Crippen LogP contribution in [0, 0.1) is 5.82 Å². The molecule has 3 rings (SSSR count). The first-order valence-electron chi connectivity index (χ1n) is 6.33. The van der Waals surface area contributed by atoms with Crippen molar-refractivity contribution in [1.29, 1.82) is 0 Å². The Labute approximate surface area is 121 Å². The van der Waals surface area contributed by atoms with E-state index in [1.54, 1.807) is 0 Å². The van der Waals surface area contributed by atoms with Crippen LogP contribution < -0.4 is 10.5 Å². The minimum absolute atomic E-state index is 0.0447. The summed E-state index contributed by atoms with van der Waals surface area (Å²) < 4.78 is 43.4. The molecule has 0 saturated heterocycles. The molecule has 7 heteroatoms. The van der Waals surface area contributed by atoms with E-state index in [2.05, 4.69) is 4.98 Å². The molecule has 110 valence electrons. The number of rotatable bonds is 3. The summed E-state index contributed by atoms with van der Waals surface area (Å²) in [6.45, 7) is 0. The average Bonchev–Trinajstić information content (AvgIpc) is 2.79. The Hall–Kier alpha value is -2.15. The minimum atomic E-state index is -3.59. The standard InChI is InChI=1S/C14H13FN2O3S/c15-10-1-2-13-9(5-10)6-11(20-13)8-21(18,19)14-3-4-17-7-12(14)16/h1-5,7,11H,6,8,16H2. The molecule has 5 nitrogen and oxygen atoms in total. The molecule has 0 radical (unpaired) electrons. The van der Waals surface area contributed by atoms with Crippen molar-refractivity contribution in [3.05, 3.63) is 48.0 Å². The fourth-order valence-electron chi connectivity index (χ4n) is 2.39. The number of hydrogen-bond donors (Lipinski definition) is 1. The van der Waals surface area contributed by atoms with Gasteiger partial charge in [-0.15, -0.1) is 0 Å². The van der Waals surface area contributed by atoms with Crippen LogP contribution in [0.25, 0.3) is 0 Å². The zero-order valence-electron chi connectivity index (χ0n) is 11.0. The molecule has 1 unspecified atom stereocenters. The summed E-state index contributed by atoms with van der Waals surface area (Å²) in [6, 6.07) is 5.53. The number of nitrogens with zero attached hydrogens (tertiary/aromatic N) is 1. The maximum absolute atomic E-state index is 13.1. The molecule has 21 heavy (non-hydrogen) atoms. The average molecular weight is 308 g/mol. The predicted octanol–water partition coefficient (Wildman–Crippen LogP) is 1.58. The molecular formula is C14H13FN2O3S. The lowest BCUT2D eigenvalue weighted by atomic mass is 10.1. The fourth-order valence-corrected chi connectivity index (χ4v) is 3.93. The van der Waals surface area contributed by atoms with Gasteiger partial charge in [-0.05, 0) is 24.3 Å². The normalized spacial score (nSPS) is 17.3. The second-order valence-electron chi connectivity index (χ2n) is 4.89. The first-order valence-corrected chi connectivity index (χ1v) is 7.98. The van der Waals surface area contributed by atoms with Crippen molar-refractivity contribution in [2.75, 3.05) is 11.5 Å². The maximum atomic E-state index is 13.1. The summed E-state index contributed by atoms with van der Waals surface area (Å²) in [7, 11) is -3.59. The third-order valence-corrected chi connectivity index (χ3v) is 5.17. The Morgan fingerprint density at radius 2 is 2.19 bits per heavy atom. The number of hydrogen-bond acceptors (Lipinski definition) is 5. The second kappa shape index (κ2) is 5.00. The van der Waals surface area contributed by atoms with Gasteiger partial charge in [0, 0.05) is 18.2 Å². The fraction of sp³-hybridized carbons (Fsp3) is 0.214. The number of ether oxygens (including phenoxy) is 1. The van der Waals surface area contributed by atoms with Gasteiger partial charge in [-0.1, -0.05) is 0 Å². The van der Waals surface area contributed by atoms with Gasteiger partial charge in [0.1, 0.15) is 17.7 Å². The maximum Gasteiger partial charge on any atom is 0.184 e. The van der Waals surface area contributed by atoms with Crippen LogP contribution >= 0.6 is 0 Å². The van der Waals surface area contributed by atoms with Gasteiger partial charge in [-0.25, -0.2) is 12.8 Å². The molecule has 2 aromatic rings. The topological polar surface area (TPSA) is 82.3 Å². The zero-order valence-corrected chi connectivity index (χ0v) is 11.8. The van der Waals surface area contributed by atoms with Gasteiger partial charge < -0.3 is 10.5 Å². The van der Waals surface area contributed by atoms with Crippen molar-refractivity contribution < 1.29 is 17.5 Å². The van der Waals surface area contributed by atoms with E-state index in [1.165, 1.54) is 36.7 Å². The summed E-state index contributed by atoms with van der Waals surface area (Å²) in [5.74, 6) is -0.0455. The van der Waals surface area contributed by atoms with Crippen LogP contribution in [0.3, 0.4) is 0 Å². The molecule has 2 heterocycles. The molecular weight excluding hydrogens is 295 g/mol. The molecule has 1 aromatic carbocycles. The van der Waals surface area contributed by atoms with Crippen molar-refractivity contribution in [3.63, 3.8) is 0 Å². The Balaban J connectivity index is 1.81. The van der Waals surface area contributed by atoms with E-state index in [9.17, 15) is 12.8 Å². The molecule has 1 aliphatic heterocycles. The molecule has 1 aliphatic rings. The number of halogens is 1. The Kier molecular flexibility index (Phi) is 3.29. The summed E-state index contributed by atoms with van der Waals surface area (Å²) in [4.78, 5) is 3.81. The van der Waals surface area contributed by atoms with Crippen LogP contribution in [0.5, 0.6) is 5.75 Å². The van der Waals surface area contributed by atoms with Crippen molar-refractivity contribution in [1.82, 2.24) is 4.98 Å². The molecule has 0 aliphatic carbocycles. The van der Waals surface area contributed by atoms with Crippen LogP contribution in [0.2, 0.25) is 0 Å². The summed E-state index contributed by atoms with van der Waals surface area (Å²) in [6.07, 6.45) is 2.49. The number of nitrogens with two attached hydrogens (primary N) is 1. The number of anilines is 1. The smallest absolute Gasteiger partial charge is 0.184 e. The quantitative estimate of drug-likeness (QED) is 0.931. The van der Waals surface area contributed by atoms with E-state index in [4.69, 9.17) is 10.5 Å². The van der Waals surface area contributed by atoms with Gasteiger partial charge in [0.2, 0.25) is 0 Å². The monoisotopic (exact) mass is 308 g/mol. The van der Waals surface area contributed by atoms with E-state index < -0.39 is 15.9 Å². The zero-order chi connectivity index (χ0) is 15.0. The molecule has 0 saturated carbocycles. The minimum Gasteiger partial charge on any atom is -0.489 e. The molecule has 0 fully saturated rings. The highest BCUT2D eigenvalue weighted by atomic mass is 32.2. The van der Waals surface area contributed by atoms with Crippen LogP contribution in [-0.4, -0.2) is 25.3 Å². The first kappa shape index (κ1) is 13.8. The second-order valence-corrected chi connectivity index (χ2v) is 6.89. The third kappa shape index (κ3) is 2.69. The van der Waals surface area contributed by atoms with Crippen molar-refractivity contribution >= 4 is 15.5 Å². The largest absolute Gasteiger partial charge is 0.489 e. The van der Waals surface area contributed by atoms with Gasteiger partial charge in [0.25, 0.3) is 0 Å². The van der Waals surface area contributed by atoms with Crippen molar-refractivity contribution in [2.45, 2.75) is 17.4 Å². The molecule has 0 bridgehead atoms. The van der Waals surface area contributed by atoms with Gasteiger partial charge in [0.15, 0.2) is 9.84 Å². The summed E-state index contributed by atoms with van der Waals surface area (Å²) in [5.41, 5.74) is 6.44. The highest BCUT2D eigenvalue weighted by Crippen LogP contribution is 2.31. The number of fused-ring (bicyclic) bond motifs is 1. The number of benzene rings is 1. The number of nitrogen functional groups attached to an aromatic ring is 1. The van der Waals surface area contributed by atoms with E-state index in [0.29, 0.717) is 17.7 Å². The van der Waals surface area contributed by atoms with E-state index in [1.807, 2.05) is 0 Å². The molecule has 0 amide bonds.